The summed E-state index contributed by atoms with van der Waals surface area (Å²) in [5.41, 5.74) is 1.93. The molecule has 2 aromatic heterocycles. The van der Waals surface area contributed by atoms with E-state index >= 15 is 0 Å². The van der Waals surface area contributed by atoms with E-state index in [0.717, 1.165) is 21.9 Å². The van der Waals surface area contributed by atoms with Gasteiger partial charge in [0, 0.05) is 35.0 Å². The molecule has 1 saturated heterocycles. The summed E-state index contributed by atoms with van der Waals surface area (Å²) in [5, 5.41) is 1.74. The van der Waals surface area contributed by atoms with Crippen LogP contribution in [0.4, 0.5) is 0 Å². The lowest BCUT2D eigenvalue weighted by atomic mass is 10.1. The molecule has 0 unspecified atom stereocenters. The quantitative estimate of drug-likeness (QED) is 0.398. The van der Waals surface area contributed by atoms with Gasteiger partial charge in [-0.1, -0.05) is 0 Å². The number of hydrogen-bond acceptors (Lipinski definition) is 8. The summed E-state index contributed by atoms with van der Waals surface area (Å²) in [6.07, 6.45) is -0.455. The Morgan fingerprint density at radius 2 is 1.15 bits per heavy atom. The summed E-state index contributed by atoms with van der Waals surface area (Å²) in [5.74, 6) is 1.18. The van der Waals surface area contributed by atoms with Crippen molar-refractivity contribution in [1.29, 1.82) is 0 Å². The average Bonchev–Trinajstić information content (AvgIpc) is 2.81. The molecule has 8 nitrogen and oxygen atoms in total. The Hall–Kier alpha value is -3.62. The van der Waals surface area contributed by atoms with E-state index in [0.29, 0.717) is 49.1 Å². The average molecular weight is 464 g/mol. The van der Waals surface area contributed by atoms with Gasteiger partial charge in [0.2, 0.25) is 0 Å². The Morgan fingerprint density at radius 3 is 1.56 bits per heavy atom. The highest BCUT2D eigenvalue weighted by Gasteiger charge is 2.23. The molecular weight excluding hydrogens is 440 g/mol. The number of hydrogen-bond donors (Lipinski definition) is 0. The molecule has 0 N–H and O–H groups in total. The SMILES string of the molecule is Cc1cc(=O)oc2cc(OC[C@@H]3CO[C@@H](COc4ccc5c(C)cc(=O)oc5c4)CO3)ccc12. The van der Waals surface area contributed by atoms with Crippen LogP contribution < -0.4 is 20.7 Å². The normalized spacial score (nSPS) is 18.3. The van der Waals surface area contributed by atoms with Crippen molar-refractivity contribution in [3.63, 3.8) is 0 Å². The number of aryl methyl sites for hydroxylation is 2. The molecule has 4 aromatic rings. The van der Waals surface area contributed by atoms with Crippen LogP contribution in [0.5, 0.6) is 11.5 Å². The number of rotatable bonds is 6. The summed E-state index contributed by atoms with van der Waals surface area (Å²) >= 11 is 0. The van der Waals surface area contributed by atoms with Gasteiger partial charge in [-0.05, 0) is 49.2 Å². The summed E-state index contributed by atoms with van der Waals surface area (Å²) in [6, 6.07) is 13.8. The van der Waals surface area contributed by atoms with E-state index in [-0.39, 0.29) is 23.5 Å². The third-order valence-corrected chi connectivity index (χ3v) is 5.75. The van der Waals surface area contributed by atoms with Gasteiger partial charge in [-0.15, -0.1) is 0 Å². The molecule has 176 valence electrons. The third-order valence-electron chi connectivity index (χ3n) is 5.75. The van der Waals surface area contributed by atoms with Gasteiger partial charge in [-0.25, -0.2) is 9.59 Å². The zero-order valence-electron chi connectivity index (χ0n) is 18.9. The Morgan fingerprint density at radius 1 is 0.706 bits per heavy atom. The molecule has 8 heteroatoms. The van der Waals surface area contributed by atoms with E-state index in [4.69, 9.17) is 27.8 Å². The summed E-state index contributed by atoms with van der Waals surface area (Å²) in [4.78, 5) is 23.2. The van der Waals surface area contributed by atoms with Crippen LogP contribution in [0.15, 0.2) is 67.0 Å². The van der Waals surface area contributed by atoms with Crippen LogP contribution in [0.25, 0.3) is 21.9 Å². The first-order chi connectivity index (χ1) is 16.4. The van der Waals surface area contributed by atoms with Crippen molar-refractivity contribution in [3.8, 4) is 11.5 Å². The Labute approximate surface area is 194 Å². The van der Waals surface area contributed by atoms with Gasteiger partial charge in [0.15, 0.2) is 0 Å². The predicted octanol–water partition coefficient (Wildman–Crippen LogP) is 3.76. The van der Waals surface area contributed by atoms with E-state index in [2.05, 4.69) is 0 Å². The monoisotopic (exact) mass is 464 g/mol. The molecule has 0 aliphatic carbocycles. The second kappa shape index (κ2) is 9.32. The first-order valence-corrected chi connectivity index (χ1v) is 11.0. The largest absolute Gasteiger partial charge is 0.491 e. The highest BCUT2D eigenvalue weighted by atomic mass is 16.6. The zero-order valence-corrected chi connectivity index (χ0v) is 18.9. The van der Waals surface area contributed by atoms with Crippen molar-refractivity contribution in [2.24, 2.45) is 0 Å². The van der Waals surface area contributed by atoms with Crippen molar-refractivity contribution in [3.05, 3.63) is 80.5 Å². The van der Waals surface area contributed by atoms with Crippen molar-refractivity contribution >= 4 is 21.9 Å². The van der Waals surface area contributed by atoms with Crippen molar-refractivity contribution in [2.75, 3.05) is 26.4 Å². The minimum absolute atomic E-state index is 0.227. The number of ether oxygens (including phenoxy) is 4. The molecule has 2 aromatic carbocycles. The van der Waals surface area contributed by atoms with Gasteiger partial charge in [-0.3, -0.25) is 0 Å². The molecular formula is C26H24O8. The molecule has 1 fully saturated rings. The van der Waals surface area contributed by atoms with Crippen LogP contribution in [-0.4, -0.2) is 38.6 Å². The highest BCUT2D eigenvalue weighted by Crippen LogP contribution is 2.24. The summed E-state index contributed by atoms with van der Waals surface area (Å²) in [6.45, 7) is 5.07. The fourth-order valence-corrected chi connectivity index (χ4v) is 3.94. The van der Waals surface area contributed by atoms with E-state index in [1.54, 1.807) is 12.1 Å². The molecule has 5 rings (SSSR count). The predicted molar refractivity (Wildman–Crippen MR) is 125 cm³/mol. The fourth-order valence-electron chi connectivity index (χ4n) is 3.94. The first-order valence-electron chi connectivity index (χ1n) is 11.0. The Bertz CT molecular complexity index is 1330. The van der Waals surface area contributed by atoms with Gasteiger partial charge in [0.25, 0.3) is 0 Å². The summed E-state index contributed by atoms with van der Waals surface area (Å²) < 4.78 is 33.9. The maximum absolute atomic E-state index is 11.6. The van der Waals surface area contributed by atoms with Crippen molar-refractivity contribution < 1.29 is 27.8 Å². The lowest BCUT2D eigenvalue weighted by Gasteiger charge is -2.29. The highest BCUT2D eigenvalue weighted by molar-refractivity contribution is 5.81. The van der Waals surface area contributed by atoms with E-state index in [9.17, 15) is 9.59 Å². The molecule has 34 heavy (non-hydrogen) atoms. The van der Waals surface area contributed by atoms with Gasteiger partial charge >= 0.3 is 11.3 Å². The van der Waals surface area contributed by atoms with Gasteiger partial charge < -0.3 is 27.8 Å². The third kappa shape index (κ3) is 4.83. The molecule has 0 radical (unpaired) electrons. The first kappa shape index (κ1) is 22.2. The molecule has 0 saturated carbocycles. The van der Waals surface area contributed by atoms with Crippen LogP contribution in [-0.2, 0) is 9.47 Å². The molecule has 3 heterocycles. The van der Waals surface area contributed by atoms with Crippen LogP contribution in [0, 0.1) is 13.8 Å². The van der Waals surface area contributed by atoms with Crippen LogP contribution in [0.1, 0.15) is 11.1 Å². The van der Waals surface area contributed by atoms with Crippen LogP contribution in [0.3, 0.4) is 0 Å². The Kier molecular flexibility index (Phi) is 6.08. The van der Waals surface area contributed by atoms with Gasteiger partial charge in [0.1, 0.15) is 48.1 Å². The maximum Gasteiger partial charge on any atom is 0.336 e. The molecule has 0 spiro atoms. The van der Waals surface area contributed by atoms with Gasteiger partial charge in [-0.2, -0.15) is 0 Å². The lowest BCUT2D eigenvalue weighted by molar-refractivity contribution is -0.150. The van der Waals surface area contributed by atoms with Crippen LogP contribution in [0.2, 0.25) is 0 Å². The molecule has 1 aliphatic heterocycles. The second-order valence-corrected chi connectivity index (χ2v) is 8.35. The van der Waals surface area contributed by atoms with Crippen molar-refractivity contribution in [2.45, 2.75) is 26.1 Å². The van der Waals surface area contributed by atoms with E-state index in [1.165, 1.54) is 12.1 Å². The molecule has 1 aliphatic rings. The second-order valence-electron chi connectivity index (χ2n) is 8.35. The fraction of sp³-hybridized carbons (Fsp3) is 0.308. The van der Waals surface area contributed by atoms with E-state index < -0.39 is 0 Å². The molecule has 2 atom stereocenters. The lowest BCUT2D eigenvalue weighted by Crippen LogP contribution is -2.41. The van der Waals surface area contributed by atoms with Crippen molar-refractivity contribution in [1.82, 2.24) is 0 Å². The minimum Gasteiger partial charge on any atom is -0.491 e. The van der Waals surface area contributed by atoms with Gasteiger partial charge in [0.05, 0.1) is 13.2 Å². The maximum atomic E-state index is 11.6. The molecule has 0 amide bonds. The molecule has 0 bridgehead atoms. The van der Waals surface area contributed by atoms with Crippen LogP contribution >= 0.6 is 0 Å². The topological polar surface area (TPSA) is 97.3 Å². The number of fused-ring (bicyclic) bond motifs is 2. The standard InChI is InChI=1S/C26H24O8/c1-15-7-25(27)33-23-9-17(3-5-21(15)23)29-11-19-13-32-20(14-31-19)12-30-18-4-6-22-16(2)8-26(28)34-24(22)10-18/h3-10,19-20H,11-14H2,1-2H3/t19-,20+. The smallest absolute Gasteiger partial charge is 0.336 e. The van der Waals surface area contributed by atoms with E-state index in [1.807, 2.05) is 38.1 Å². The summed E-state index contributed by atoms with van der Waals surface area (Å²) in [7, 11) is 0. The minimum atomic E-state index is -0.386. The zero-order chi connectivity index (χ0) is 23.7. The number of benzene rings is 2. The Balaban J connectivity index is 1.12.